The van der Waals surface area contributed by atoms with E-state index in [0.29, 0.717) is 12.5 Å². The van der Waals surface area contributed by atoms with Gasteiger partial charge < -0.3 is 9.47 Å². The number of carbonyl (C=O) groups excluding carboxylic acids is 1. The van der Waals surface area contributed by atoms with Crippen molar-refractivity contribution >= 4 is 5.91 Å². The number of nitrogens with zero attached hydrogens (tertiary/aromatic N) is 3. The molecule has 0 bridgehead atoms. The largest absolute Gasteiger partial charge is 0.336 e. The van der Waals surface area contributed by atoms with Gasteiger partial charge in [-0.05, 0) is 25.0 Å². The number of rotatable bonds is 2. The minimum Gasteiger partial charge on any atom is -0.336 e. The molecule has 1 fully saturated rings. The average molecular weight is 295 g/mol. The third-order valence-electron chi connectivity index (χ3n) is 4.96. The van der Waals surface area contributed by atoms with Crippen LogP contribution in [0.3, 0.4) is 0 Å². The van der Waals surface area contributed by atoms with E-state index >= 15 is 0 Å². The molecule has 0 saturated heterocycles. The minimum absolute atomic E-state index is 0.262. The molecule has 4 rings (SSSR count). The lowest BCUT2D eigenvalue weighted by atomic mass is 10.0. The molecule has 2 heterocycles. The highest BCUT2D eigenvalue weighted by Gasteiger charge is 2.30. The zero-order valence-electron chi connectivity index (χ0n) is 12.7. The van der Waals surface area contributed by atoms with Crippen LogP contribution < -0.4 is 0 Å². The molecule has 1 aliphatic heterocycles. The molecule has 1 aromatic carbocycles. The Morgan fingerprint density at radius 1 is 1.14 bits per heavy atom. The first-order valence-corrected chi connectivity index (χ1v) is 8.22. The van der Waals surface area contributed by atoms with Gasteiger partial charge in [0.15, 0.2) is 0 Å². The molecule has 1 amide bonds. The maximum absolute atomic E-state index is 12.6. The molecular weight excluding hydrogens is 274 g/mol. The van der Waals surface area contributed by atoms with Crippen molar-refractivity contribution in [3.8, 4) is 5.69 Å². The summed E-state index contributed by atoms with van der Waals surface area (Å²) in [4.78, 5) is 19.2. The van der Waals surface area contributed by atoms with Gasteiger partial charge in [0.1, 0.15) is 0 Å². The molecule has 2 aromatic rings. The van der Waals surface area contributed by atoms with Crippen molar-refractivity contribution in [2.75, 3.05) is 6.54 Å². The summed E-state index contributed by atoms with van der Waals surface area (Å²) in [5, 5.41) is 0. The first-order chi connectivity index (χ1) is 10.8. The summed E-state index contributed by atoms with van der Waals surface area (Å²) in [6, 6.07) is 10.3. The van der Waals surface area contributed by atoms with Gasteiger partial charge >= 0.3 is 0 Å². The maximum atomic E-state index is 12.6. The summed E-state index contributed by atoms with van der Waals surface area (Å²) in [6.07, 6.45) is 7.34. The fourth-order valence-corrected chi connectivity index (χ4v) is 3.74. The van der Waals surface area contributed by atoms with E-state index in [1.807, 2.05) is 29.4 Å². The Bertz CT molecular complexity index is 671. The Kier molecular flexibility index (Phi) is 3.45. The SMILES string of the molecule is O=C(C1CCCC1)N1CCc2c(ncn2-c2ccccc2)C1. The van der Waals surface area contributed by atoms with Crippen molar-refractivity contribution in [2.45, 2.75) is 38.6 Å². The van der Waals surface area contributed by atoms with E-state index in [1.165, 1.54) is 18.5 Å². The molecule has 1 saturated carbocycles. The van der Waals surface area contributed by atoms with E-state index in [-0.39, 0.29) is 5.92 Å². The molecule has 4 nitrogen and oxygen atoms in total. The Morgan fingerprint density at radius 3 is 2.68 bits per heavy atom. The number of fused-ring (bicyclic) bond motifs is 1. The topological polar surface area (TPSA) is 38.1 Å². The number of imidazole rings is 1. The van der Waals surface area contributed by atoms with Crippen LogP contribution in [-0.4, -0.2) is 26.9 Å². The van der Waals surface area contributed by atoms with Gasteiger partial charge in [-0.15, -0.1) is 0 Å². The zero-order valence-corrected chi connectivity index (χ0v) is 12.7. The van der Waals surface area contributed by atoms with Crippen LogP contribution in [0, 0.1) is 5.92 Å². The molecule has 0 unspecified atom stereocenters. The van der Waals surface area contributed by atoms with Gasteiger partial charge in [0.25, 0.3) is 0 Å². The van der Waals surface area contributed by atoms with Crippen LogP contribution in [0.15, 0.2) is 36.7 Å². The molecule has 4 heteroatoms. The quantitative estimate of drug-likeness (QED) is 0.854. The van der Waals surface area contributed by atoms with E-state index in [4.69, 9.17) is 0 Å². The number of aromatic nitrogens is 2. The predicted molar refractivity (Wildman–Crippen MR) is 84.6 cm³/mol. The highest BCUT2D eigenvalue weighted by atomic mass is 16.2. The number of hydrogen-bond acceptors (Lipinski definition) is 2. The van der Waals surface area contributed by atoms with Crippen molar-refractivity contribution in [3.63, 3.8) is 0 Å². The second-order valence-electron chi connectivity index (χ2n) is 6.33. The highest BCUT2D eigenvalue weighted by Crippen LogP contribution is 2.29. The second kappa shape index (κ2) is 5.59. The summed E-state index contributed by atoms with van der Waals surface area (Å²) in [6.45, 7) is 1.49. The van der Waals surface area contributed by atoms with Crippen LogP contribution in [-0.2, 0) is 17.8 Å². The number of hydrogen-bond donors (Lipinski definition) is 0. The van der Waals surface area contributed by atoms with Crippen LogP contribution in [0.5, 0.6) is 0 Å². The van der Waals surface area contributed by atoms with Crippen molar-refractivity contribution in [1.82, 2.24) is 14.5 Å². The average Bonchev–Trinajstić information content (AvgIpc) is 3.24. The molecule has 1 aliphatic carbocycles. The summed E-state index contributed by atoms with van der Waals surface area (Å²) in [5.74, 6) is 0.607. The molecule has 0 spiro atoms. The third kappa shape index (κ3) is 2.32. The van der Waals surface area contributed by atoms with Gasteiger partial charge in [-0.1, -0.05) is 31.0 Å². The van der Waals surface area contributed by atoms with Crippen LogP contribution in [0.2, 0.25) is 0 Å². The molecular formula is C18H21N3O. The molecule has 0 atom stereocenters. The Labute approximate surface area is 130 Å². The summed E-state index contributed by atoms with van der Waals surface area (Å²) in [5.41, 5.74) is 3.45. The number of para-hydroxylation sites is 1. The van der Waals surface area contributed by atoms with Gasteiger partial charge in [-0.25, -0.2) is 4.98 Å². The highest BCUT2D eigenvalue weighted by molar-refractivity contribution is 5.79. The van der Waals surface area contributed by atoms with Crippen molar-refractivity contribution in [1.29, 1.82) is 0 Å². The van der Waals surface area contributed by atoms with Gasteiger partial charge in [-0.3, -0.25) is 4.79 Å². The fourth-order valence-electron chi connectivity index (χ4n) is 3.74. The summed E-state index contributed by atoms with van der Waals surface area (Å²) >= 11 is 0. The van der Waals surface area contributed by atoms with Crippen molar-refractivity contribution in [3.05, 3.63) is 48.0 Å². The first kappa shape index (κ1) is 13.6. The summed E-state index contributed by atoms with van der Waals surface area (Å²) < 4.78 is 2.16. The number of benzene rings is 1. The normalized spacial score (nSPS) is 18.5. The molecule has 22 heavy (non-hydrogen) atoms. The fraction of sp³-hybridized carbons (Fsp3) is 0.444. The smallest absolute Gasteiger partial charge is 0.226 e. The lowest BCUT2D eigenvalue weighted by Gasteiger charge is -2.29. The predicted octanol–water partition coefficient (Wildman–Crippen LogP) is 2.95. The second-order valence-corrected chi connectivity index (χ2v) is 6.33. The minimum atomic E-state index is 0.262. The number of amides is 1. The maximum Gasteiger partial charge on any atom is 0.226 e. The lowest BCUT2D eigenvalue weighted by Crippen LogP contribution is -2.39. The van der Waals surface area contributed by atoms with Crippen molar-refractivity contribution < 1.29 is 4.79 Å². The van der Waals surface area contributed by atoms with Gasteiger partial charge in [-0.2, -0.15) is 0 Å². The van der Waals surface area contributed by atoms with E-state index in [9.17, 15) is 4.79 Å². The van der Waals surface area contributed by atoms with E-state index in [2.05, 4.69) is 21.7 Å². The molecule has 1 aromatic heterocycles. The van der Waals surface area contributed by atoms with Crippen LogP contribution in [0.1, 0.15) is 37.1 Å². The van der Waals surface area contributed by atoms with E-state index in [0.717, 1.165) is 37.2 Å². The third-order valence-corrected chi connectivity index (χ3v) is 4.96. The van der Waals surface area contributed by atoms with Crippen LogP contribution in [0.4, 0.5) is 0 Å². The van der Waals surface area contributed by atoms with Gasteiger partial charge in [0.05, 0.1) is 18.6 Å². The van der Waals surface area contributed by atoms with Gasteiger partial charge in [0, 0.05) is 30.3 Å². The Morgan fingerprint density at radius 2 is 1.91 bits per heavy atom. The lowest BCUT2D eigenvalue weighted by molar-refractivity contribution is -0.136. The summed E-state index contributed by atoms with van der Waals surface area (Å²) in [7, 11) is 0. The first-order valence-electron chi connectivity index (χ1n) is 8.22. The Hall–Kier alpha value is -2.10. The van der Waals surface area contributed by atoms with E-state index < -0.39 is 0 Å². The zero-order chi connectivity index (χ0) is 14.9. The molecule has 2 aliphatic rings. The Balaban J connectivity index is 1.55. The molecule has 0 radical (unpaired) electrons. The van der Waals surface area contributed by atoms with Gasteiger partial charge in [0.2, 0.25) is 5.91 Å². The molecule has 0 N–H and O–H groups in total. The van der Waals surface area contributed by atoms with Crippen LogP contribution >= 0.6 is 0 Å². The van der Waals surface area contributed by atoms with E-state index in [1.54, 1.807) is 0 Å². The molecule has 114 valence electrons. The monoisotopic (exact) mass is 295 g/mol. The van der Waals surface area contributed by atoms with Crippen LogP contribution in [0.25, 0.3) is 5.69 Å². The standard InChI is InChI=1S/C18H21N3O/c22-18(14-6-4-5-7-14)20-11-10-17-16(12-20)19-13-21(17)15-8-2-1-3-9-15/h1-3,8-9,13-14H,4-7,10-12H2. The number of carbonyl (C=O) groups is 1. The van der Waals surface area contributed by atoms with Crippen molar-refractivity contribution in [2.24, 2.45) is 5.92 Å².